The summed E-state index contributed by atoms with van der Waals surface area (Å²) in [6.07, 6.45) is 5.48. The molecule has 0 N–H and O–H groups in total. The Morgan fingerprint density at radius 3 is 1.82 bits per heavy atom. The molecule has 0 saturated carbocycles. The van der Waals surface area contributed by atoms with Gasteiger partial charge in [-0.05, 0) is 24.3 Å². The maximum absolute atomic E-state index is 10.9. The third-order valence-electron chi connectivity index (χ3n) is 3.63. The van der Waals surface area contributed by atoms with Crippen LogP contribution < -0.4 is 9.47 Å². The fourth-order valence-corrected chi connectivity index (χ4v) is 2.35. The summed E-state index contributed by atoms with van der Waals surface area (Å²) in [6.45, 7) is 0. The lowest BCUT2D eigenvalue weighted by atomic mass is 10.2. The molecule has 0 unspecified atom stereocenters. The van der Waals surface area contributed by atoms with E-state index in [2.05, 4.69) is 5.92 Å². The zero-order valence-corrected chi connectivity index (χ0v) is 14.3. The van der Waals surface area contributed by atoms with Crippen molar-refractivity contribution in [2.45, 2.75) is 0 Å². The summed E-state index contributed by atoms with van der Waals surface area (Å²) in [5.41, 5.74) is 0.187. The van der Waals surface area contributed by atoms with E-state index >= 15 is 0 Å². The molecule has 0 fully saturated rings. The minimum Gasteiger partial charge on any atom is -0.457 e. The molecular formula is C20H12N2O6. The highest BCUT2D eigenvalue weighted by molar-refractivity contribution is 5.52. The van der Waals surface area contributed by atoms with Crippen LogP contribution in [0.3, 0.4) is 0 Å². The molecule has 3 rings (SSSR count). The normalized spacial score (nSPS) is 9.96. The predicted octanol–water partition coefficient (Wildman–Crippen LogP) is 5.07. The maximum atomic E-state index is 10.9. The van der Waals surface area contributed by atoms with E-state index in [1.54, 1.807) is 24.3 Å². The Hall–Kier alpha value is -4.38. The minimum atomic E-state index is -0.531. The molecule has 0 saturated heterocycles. The third kappa shape index (κ3) is 4.23. The number of benzene rings is 3. The van der Waals surface area contributed by atoms with Crippen molar-refractivity contribution < 1.29 is 19.3 Å². The number of hydrogen-bond donors (Lipinski definition) is 0. The number of ether oxygens (including phenoxy) is 2. The first kappa shape index (κ1) is 18.4. The van der Waals surface area contributed by atoms with Crippen LogP contribution in [0.4, 0.5) is 11.4 Å². The van der Waals surface area contributed by atoms with Crippen LogP contribution in [0.5, 0.6) is 23.0 Å². The topological polar surface area (TPSA) is 105 Å². The van der Waals surface area contributed by atoms with Gasteiger partial charge in [-0.1, -0.05) is 18.1 Å². The quantitative estimate of drug-likeness (QED) is 0.338. The lowest BCUT2D eigenvalue weighted by Crippen LogP contribution is -1.93. The Kier molecular flexibility index (Phi) is 5.18. The van der Waals surface area contributed by atoms with Gasteiger partial charge >= 0.3 is 0 Å². The summed E-state index contributed by atoms with van der Waals surface area (Å²) in [4.78, 5) is 20.7. The van der Waals surface area contributed by atoms with Crippen molar-refractivity contribution in [3.05, 3.63) is 92.5 Å². The van der Waals surface area contributed by atoms with E-state index in [-0.39, 0.29) is 28.6 Å². The summed E-state index contributed by atoms with van der Waals surface area (Å²) in [5.74, 6) is 3.56. The molecular weight excluding hydrogens is 364 g/mol. The second kappa shape index (κ2) is 7.88. The van der Waals surface area contributed by atoms with Crippen molar-refractivity contribution >= 4 is 11.4 Å². The number of terminal acetylenes is 1. The van der Waals surface area contributed by atoms with Crippen molar-refractivity contribution in [2.75, 3.05) is 0 Å². The summed E-state index contributed by atoms with van der Waals surface area (Å²) in [7, 11) is 0. The van der Waals surface area contributed by atoms with Crippen molar-refractivity contribution in [3.8, 4) is 35.3 Å². The molecule has 0 radical (unpaired) electrons. The van der Waals surface area contributed by atoms with E-state index in [4.69, 9.17) is 15.9 Å². The zero-order chi connectivity index (χ0) is 20.1. The summed E-state index contributed by atoms with van der Waals surface area (Å²) in [5, 5.41) is 21.8. The Balaban J connectivity index is 1.89. The van der Waals surface area contributed by atoms with Gasteiger partial charge in [0.15, 0.2) is 0 Å². The molecule has 138 valence electrons. The molecule has 8 nitrogen and oxygen atoms in total. The second-order valence-corrected chi connectivity index (χ2v) is 5.52. The minimum absolute atomic E-state index is 0.106. The van der Waals surface area contributed by atoms with Crippen LogP contribution >= 0.6 is 0 Å². The van der Waals surface area contributed by atoms with Gasteiger partial charge in [-0.3, -0.25) is 20.2 Å². The van der Waals surface area contributed by atoms with Crippen molar-refractivity contribution in [3.63, 3.8) is 0 Å². The molecule has 0 aliphatic rings. The Labute approximate surface area is 159 Å². The van der Waals surface area contributed by atoms with Crippen LogP contribution in [-0.4, -0.2) is 9.85 Å². The molecule has 0 heterocycles. The lowest BCUT2D eigenvalue weighted by Gasteiger charge is -2.11. The molecule has 3 aromatic rings. The van der Waals surface area contributed by atoms with E-state index in [0.29, 0.717) is 11.3 Å². The molecule has 0 amide bonds. The van der Waals surface area contributed by atoms with Crippen molar-refractivity contribution in [1.82, 2.24) is 0 Å². The number of rotatable bonds is 6. The number of hydrogen-bond acceptors (Lipinski definition) is 6. The highest BCUT2D eigenvalue weighted by atomic mass is 16.6. The van der Waals surface area contributed by atoms with Gasteiger partial charge in [0.25, 0.3) is 11.4 Å². The molecule has 28 heavy (non-hydrogen) atoms. The van der Waals surface area contributed by atoms with Gasteiger partial charge in [-0.15, -0.1) is 6.42 Å². The van der Waals surface area contributed by atoms with Gasteiger partial charge in [0.1, 0.15) is 23.0 Å². The summed E-state index contributed by atoms with van der Waals surface area (Å²) >= 11 is 0. The zero-order valence-electron chi connectivity index (χ0n) is 14.3. The third-order valence-corrected chi connectivity index (χ3v) is 3.63. The molecule has 0 aliphatic heterocycles. The van der Waals surface area contributed by atoms with Crippen LogP contribution in [0, 0.1) is 32.6 Å². The second-order valence-electron chi connectivity index (χ2n) is 5.52. The maximum Gasteiger partial charge on any atom is 0.273 e. The van der Waals surface area contributed by atoms with E-state index in [0.717, 1.165) is 0 Å². The van der Waals surface area contributed by atoms with Crippen molar-refractivity contribution in [2.24, 2.45) is 0 Å². The highest BCUT2D eigenvalue weighted by Crippen LogP contribution is 2.33. The first-order valence-corrected chi connectivity index (χ1v) is 7.91. The fraction of sp³-hybridized carbons (Fsp3) is 0. The van der Waals surface area contributed by atoms with Crippen LogP contribution in [0.1, 0.15) is 5.56 Å². The molecule has 0 atom stereocenters. The smallest absolute Gasteiger partial charge is 0.273 e. The first-order chi connectivity index (χ1) is 13.5. The molecule has 3 aromatic carbocycles. The van der Waals surface area contributed by atoms with Crippen LogP contribution in [0.2, 0.25) is 0 Å². The van der Waals surface area contributed by atoms with Crippen LogP contribution in [0.15, 0.2) is 66.7 Å². The van der Waals surface area contributed by atoms with E-state index < -0.39 is 9.85 Å². The van der Waals surface area contributed by atoms with E-state index in [9.17, 15) is 20.2 Å². The van der Waals surface area contributed by atoms with E-state index in [1.165, 1.54) is 42.5 Å². The van der Waals surface area contributed by atoms with Gasteiger partial charge < -0.3 is 9.47 Å². The average molecular weight is 376 g/mol. The summed E-state index contributed by atoms with van der Waals surface area (Å²) < 4.78 is 11.3. The Bertz CT molecular complexity index is 1100. The van der Waals surface area contributed by atoms with Gasteiger partial charge in [0, 0.05) is 18.2 Å². The van der Waals surface area contributed by atoms with Gasteiger partial charge in [-0.25, -0.2) is 0 Å². The lowest BCUT2D eigenvalue weighted by molar-refractivity contribution is -0.385. The van der Waals surface area contributed by atoms with Gasteiger partial charge in [-0.2, -0.15) is 0 Å². The average Bonchev–Trinajstić information content (AvgIpc) is 2.68. The first-order valence-electron chi connectivity index (χ1n) is 7.91. The molecule has 0 aromatic heterocycles. The standard InChI is InChI=1S/C20H12N2O6/c1-2-14-9-10-19(27-17-7-3-5-15(11-17)21(23)24)13-20(14)28-18-8-4-6-16(12-18)22(25)26/h1,3-13H. The number of nitro groups is 2. The largest absolute Gasteiger partial charge is 0.457 e. The molecule has 8 heteroatoms. The fourth-order valence-electron chi connectivity index (χ4n) is 2.35. The predicted molar refractivity (Wildman–Crippen MR) is 101 cm³/mol. The van der Waals surface area contributed by atoms with Crippen LogP contribution in [0.25, 0.3) is 0 Å². The van der Waals surface area contributed by atoms with Gasteiger partial charge in [0.05, 0.1) is 27.5 Å². The van der Waals surface area contributed by atoms with Gasteiger partial charge in [0.2, 0.25) is 0 Å². The van der Waals surface area contributed by atoms with Crippen molar-refractivity contribution in [1.29, 1.82) is 0 Å². The summed E-state index contributed by atoms with van der Waals surface area (Å²) in [6, 6.07) is 16.1. The Morgan fingerprint density at radius 1 is 0.750 bits per heavy atom. The van der Waals surface area contributed by atoms with Crippen LogP contribution in [-0.2, 0) is 0 Å². The highest BCUT2D eigenvalue weighted by Gasteiger charge is 2.12. The SMILES string of the molecule is C#Cc1ccc(Oc2cccc([N+](=O)[O-])c2)cc1Oc1cccc([N+](=O)[O-])c1. The molecule has 0 spiro atoms. The molecule has 0 bridgehead atoms. The Morgan fingerprint density at radius 2 is 1.29 bits per heavy atom. The van der Waals surface area contributed by atoms with E-state index in [1.807, 2.05) is 0 Å². The number of non-ortho nitro benzene ring substituents is 2. The number of nitrogens with zero attached hydrogens (tertiary/aromatic N) is 2. The molecule has 0 aliphatic carbocycles. The number of nitro benzene ring substituents is 2. The monoisotopic (exact) mass is 376 g/mol.